The lowest BCUT2D eigenvalue weighted by molar-refractivity contribution is -0.197. The van der Waals surface area contributed by atoms with E-state index in [0.29, 0.717) is 43.2 Å². The molecule has 6 aliphatic rings. The van der Waals surface area contributed by atoms with Gasteiger partial charge in [-0.2, -0.15) is 0 Å². The number of carbonyl (C=O) groups excluding carboxylic acids is 1. The molecule has 1 aliphatic heterocycles. The number of hydrogen-bond donors (Lipinski definition) is 3. The first-order chi connectivity index (χ1) is 18.3. The van der Waals surface area contributed by atoms with E-state index in [2.05, 4.69) is 32.2 Å². The molecule has 6 nitrogen and oxygen atoms in total. The number of carbonyl (C=O) groups is 2. The summed E-state index contributed by atoms with van der Waals surface area (Å²) in [5.41, 5.74) is -1.55. The van der Waals surface area contributed by atoms with Gasteiger partial charge in [0, 0.05) is 18.5 Å². The summed E-state index contributed by atoms with van der Waals surface area (Å²) in [5.74, 6) is 1.47. The van der Waals surface area contributed by atoms with Crippen molar-refractivity contribution in [1.82, 2.24) is 5.32 Å². The van der Waals surface area contributed by atoms with Gasteiger partial charge < -0.3 is 25.1 Å². The van der Waals surface area contributed by atoms with Crippen LogP contribution < -0.4 is 5.32 Å². The third-order valence-corrected chi connectivity index (χ3v) is 12.8. The van der Waals surface area contributed by atoms with E-state index in [4.69, 9.17) is 4.74 Å². The average Bonchev–Trinajstić information content (AvgIpc) is 3.62. The van der Waals surface area contributed by atoms with Gasteiger partial charge in [0.25, 0.3) is 0 Å². The van der Waals surface area contributed by atoms with Crippen LogP contribution in [-0.2, 0) is 14.3 Å². The highest BCUT2D eigenvalue weighted by Crippen LogP contribution is 2.84. The monoisotopic (exact) mass is 527 g/mol. The average molecular weight is 528 g/mol. The van der Waals surface area contributed by atoms with Crippen LogP contribution in [0.5, 0.6) is 0 Å². The molecule has 212 valence electrons. The standard InChI is InChI=1S/C32H49NO5/c1-19(2)26-13-22-15-30(18-35)25-10-9-20(3)24(25)16-31(22,32(26,30)29(36)37)28-14-23(21-7-5-4-6-8-21)27(38-28)17-33-11-12-34/h13,18-25,27-28,33-34H,4-12,14-17H2,1-3H3,(H,36,37)/t20-,22?,23?,24-,25-,27?,28?,30?,31?,32+/m1/s1. The van der Waals surface area contributed by atoms with Crippen LogP contribution in [-0.4, -0.2) is 54.4 Å². The van der Waals surface area contributed by atoms with E-state index in [-0.39, 0.29) is 36.6 Å². The Kier molecular flexibility index (Phi) is 6.88. The topological polar surface area (TPSA) is 95.9 Å². The molecule has 0 radical (unpaired) electrons. The predicted octanol–water partition coefficient (Wildman–Crippen LogP) is 4.85. The van der Waals surface area contributed by atoms with Gasteiger partial charge >= 0.3 is 5.97 Å². The lowest BCUT2D eigenvalue weighted by atomic mass is 9.41. The van der Waals surface area contributed by atoms with Gasteiger partial charge in [0.1, 0.15) is 11.7 Å². The first-order valence-corrected chi connectivity index (χ1v) is 15.7. The molecule has 5 fully saturated rings. The van der Waals surface area contributed by atoms with E-state index in [1.54, 1.807) is 0 Å². The van der Waals surface area contributed by atoms with Crippen molar-refractivity contribution in [3.63, 3.8) is 0 Å². The maximum absolute atomic E-state index is 13.9. The summed E-state index contributed by atoms with van der Waals surface area (Å²) in [7, 11) is 0. The summed E-state index contributed by atoms with van der Waals surface area (Å²) < 4.78 is 7.13. The maximum atomic E-state index is 13.9. The van der Waals surface area contributed by atoms with E-state index in [9.17, 15) is 19.8 Å². The fourth-order valence-electron chi connectivity index (χ4n) is 11.5. The number of aliphatic hydroxyl groups excluding tert-OH is 1. The van der Waals surface area contributed by atoms with Crippen LogP contribution in [0, 0.1) is 57.7 Å². The van der Waals surface area contributed by atoms with E-state index >= 15 is 0 Å². The van der Waals surface area contributed by atoms with E-state index < -0.39 is 22.2 Å². The van der Waals surface area contributed by atoms with Crippen LogP contribution in [0.1, 0.15) is 85.0 Å². The SMILES string of the molecule is CC(C)C1=CC2CC3(C=O)[C@@H]4CC[C@@H](C)[C@H]4CC2(C2CC(C4CCCCC4)C(CNCCO)O2)[C@]13C(=O)O. The number of fused-ring (bicyclic) bond motifs is 2. The minimum Gasteiger partial charge on any atom is -0.481 e. The van der Waals surface area contributed by atoms with Crippen LogP contribution >= 0.6 is 0 Å². The van der Waals surface area contributed by atoms with Crippen molar-refractivity contribution in [2.45, 2.75) is 97.2 Å². The van der Waals surface area contributed by atoms with Gasteiger partial charge in [-0.1, -0.05) is 70.9 Å². The Morgan fingerprint density at radius 3 is 2.58 bits per heavy atom. The molecule has 3 N–H and O–H groups in total. The normalized spacial score (nSPS) is 47.9. The summed E-state index contributed by atoms with van der Waals surface area (Å²) in [5, 5.41) is 24.2. The quantitative estimate of drug-likeness (QED) is 0.225. The van der Waals surface area contributed by atoms with Gasteiger partial charge in [-0.05, 0) is 67.1 Å². The highest BCUT2D eigenvalue weighted by Gasteiger charge is 2.86. The number of nitrogens with one attached hydrogen (secondary N) is 1. The number of aliphatic hydroxyl groups is 1. The van der Waals surface area contributed by atoms with Gasteiger partial charge in [-0.3, -0.25) is 4.79 Å². The molecular formula is C32H49NO5. The summed E-state index contributed by atoms with van der Waals surface area (Å²) >= 11 is 0. The van der Waals surface area contributed by atoms with Crippen molar-refractivity contribution < 1.29 is 24.5 Å². The molecule has 0 amide bonds. The predicted molar refractivity (Wildman–Crippen MR) is 145 cm³/mol. The molecular weight excluding hydrogens is 478 g/mol. The van der Waals surface area contributed by atoms with Crippen LogP contribution in [0.25, 0.3) is 0 Å². The molecule has 0 spiro atoms. The second-order valence-corrected chi connectivity index (χ2v) is 14.3. The van der Waals surface area contributed by atoms with E-state index in [0.717, 1.165) is 37.5 Å². The zero-order chi connectivity index (χ0) is 26.9. The molecule has 38 heavy (non-hydrogen) atoms. The summed E-state index contributed by atoms with van der Waals surface area (Å²) in [6.45, 7) is 7.92. The molecule has 6 rings (SSSR count). The number of allylic oxidation sites excluding steroid dienone is 1. The number of hydrogen-bond acceptors (Lipinski definition) is 5. The number of rotatable bonds is 9. The molecule has 5 aliphatic carbocycles. The molecule has 10 atom stereocenters. The number of carboxylic acid groups (broad SMARTS) is 1. The Balaban J connectivity index is 1.46. The molecule has 4 bridgehead atoms. The number of aliphatic carboxylic acids is 1. The molecule has 6 heteroatoms. The maximum Gasteiger partial charge on any atom is 0.315 e. The van der Waals surface area contributed by atoms with Gasteiger partial charge in [0.2, 0.25) is 0 Å². The van der Waals surface area contributed by atoms with Crippen molar-refractivity contribution >= 4 is 12.3 Å². The zero-order valence-electron chi connectivity index (χ0n) is 23.7. The summed E-state index contributed by atoms with van der Waals surface area (Å²) in [6, 6.07) is 0. The van der Waals surface area contributed by atoms with Crippen molar-refractivity contribution in [1.29, 1.82) is 0 Å². The molecule has 0 aromatic rings. The number of aldehydes is 1. The Hall–Kier alpha value is -1.24. The molecule has 0 aromatic heterocycles. The van der Waals surface area contributed by atoms with Crippen molar-refractivity contribution in [3.8, 4) is 0 Å². The van der Waals surface area contributed by atoms with Crippen LogP contribution in [0.3, 0.4) is 0 Å². The van der Waals surface area contributed by atoms with Gasteiger partial charge in [0.15, 0.2) is 0 Å². The number of ether oxygens (including phenoxy) is 1. The van der Waals surface area contributed by atoms with E-state index in [1.807, 2.05) is 0 Å². The summed E-state index contributed by atoms with van der Waals surface area (Å²) in [6.07, 6.45) is 14.1. The molecule has 0 aromatic carbocycles. The molecule has 1 saturated heterocycles. The first-order valence-electron chi connectivity index (χ1n) is 15.7. The minimum absolute atomic E-state index is 0.0294. The smallest absolute Gasteiger partial charge is 0.315 e. The Bertz CT molecular complexity index is 973. The minimum atomic E-state index is -1.17. The fourth-order valence-corrected chi connectivity index (χ4v) is 11.5. The third-order valence-electron chi connectivity index (χ3n) is 12.8. The fraction of sp³-hybridized carbons (Fsp3) is 0.875. The zero-order valence-corrected chi connectivity index (χ0v) is 23.7. The van der Waals surface area contributed by atoms with Crippen molar-refractivity contribution in [2.75, 3.05) is 19.7 Å². The van der Waals surface area contributed by atoms with Crippen molar-refractivity contribution in [2.24, 2.45) is 57.7 Å². The third kappa shape index (κ3) is 3.29. The second kappa shape index (κ2) is 9.69. The van der Waals surface area contributed by atoms with Gasteiger partial charge in [-0.15, -0.1) is 0 Å². The highest BCUT2D eigenvalue weighted by molar-refractivity contribution is 5.90. The second-order valence-electron chi connectivity index (χ2n) is 14.3. The van der Waals surface area contributed by atoms with Gasteiger partial charge in [-0.25, -0.2) is 0 Å². The van der Waals surface area contributed by atoms with Crippen molar-refractivity contribution in [3.05, 3.63) is 11.6 Å². The molecule has 1 heterocycles. The largest absolute Gasteiger partial charge is 0.481 e. The summed E-state index contributed by atoms with van der Waals surface area (Å²) in [4.78, 5) is 27.3. The van der Waals surface area contributed by atoms with Crippen LogP contribution in [0.4, 0.5) is 0 Å². The molecule has 4 saturated carbocycles. The Morgan fingerprint density at radius 2 is 1.92 bits per heavy atom. The molecule has 6 unspecified atom stereocenters. The number of carboxylic acids is 1. The van der Waals surface area contributed by atoms with E-state index in [1.165, 1.54) is 32.1 Å². The Morgan fingerprint density at radius 1 is 1.16 bits per heavy atom. The van der Waals surface area contributed by atoms with Gasteiger partial charge in [0.05, 0.1) is 24.2 Å². The lowest BCUT2D eigenvalue weighted by Crippen LogP contribution is -2.65. The van der Waals surface area contributed by atoms with Crippen LogP contribution in [0.15, 0.2) is 11.6 Å². The van der Waals surface area contributed by atoms with Crippen LogP contribution in [0.2, 0.25) is 0 Å². The first kappa shape index (κ1) is 27.0. The Labute approximate surface area is 228 Å². The highest BCUT2D eigenvalue weighted by atomic mass is 16.5. The lowest BCUT2D eigenvalue weighted by Gasteiger charge is -2.60.